The van der Waals surface area contributed by atoms with Crippen molar-refractivity contribution in [3.8, 4) is 11.5 Å². The number of hydrogen-bond acceptors (Lipinski definition) is 4. The minimum Gasteiger partial charge on any atom is -0.504 e. The number of amides is 1. The van der Waals surface area contributed by atoms with Crippen molar-refractivity contribution in [2.45, 2.75) is 53.0 Å². The van der Waals surface area contributed by atoms with E-state index < -0.39 is 0 Å². The second-order valence-electron chi connectivity index (χ2n) is 8.92. The molecule has 1 fully saturated rings. The molecule has 1 aliphatic heterocycles. The summed E-state index contributed by atoms with van der Waals surface area (Å²) in [5, 5.41) is 18.9. The third kappa shape index (κ3) is 5.36. The Balaban J connectivity index is 1.90. The molecule has 1 saturated heterocycles. The van der Waals surface area contributed by atoms with Crippen molar-refractivity contribution in [1.29, 1.82) is 0 Å². The molecule has 1 aromatic carbocycles. The summed E-state index contributed by atoms with van der Waals surface area (Å²) < 4.78 is 0. The van der Waals surface area contributed by atoms with Crippen molar-refractivity contribution < 1.29 is 15.0 Å². The minimum atomic E-state index is -0.181. The van der Waals surface area contributed by atoms with Crippen LogP contribution in [0.2, 0.25) is 0 Å². The van der Waals surface area contributed by atoms with Crippen molar-refractivity contribution >= 4 is 5.91 Å². The van der Waals surface area contributed by atoms with Gasteiger partial charge in [-0.1, -0.05) is 26.8 Å². The zero-order valence-electron chi connectivity index (χ0n) is 16.2. The van der Waals surface area contributed by atoms with E-state index in [4.69, 9.17) is 0 Å². The molecular formula is C20H32N2O3. The number of hydrogen-bond donors (Lipinski definition) is 2. The summed E-state index contributed by atoms with van der Waals surface area (Å²) in [5.41, 5.74) is 1.11. The second-order valence-corrected chi connectivity index (χ2v) is 8.92. The molecule has 0 unspecified atom stereocenters. The van der Waals surface area contributed by atoms with Crippen LogP contribution in [0.1, 0.15) is 46.6 Å². The maximum absolute atomic E-state index is 12.5. The van der Waals surface area contributed by atoms with Gasteiger partial charge in [-0.05, 0) is 43.4 Å². The Morgan fingerprint density at radius 3 is 2.12 bits per heavy atom. The van der Waals surface area contributed by atoms with Crippen molar-refractivity contribution in [2.75, 3.05) is 26.2 Å². The summed E-state index contributed by atoms with van der Waals surface area (Å²) in [6.45, 7) is 14.6. The number of carbonyl (C=O) groups excluding carboxylic acids is 1. The lowest BCUT2D eigenvalue weighted by atomic mass is 9.80. The van der Waals surface area contributed by atoms with Crippen LogP contribution in [-0.2, 0) is 11.2 Å². The van der Waals surface area contributed by atoms with Crippen LogP contribution in [0.15, 0.2) is 18.2 Å². The van der Waals surface area contributed by atoms with Gasteiger partial charge in [-0.15, -0.1) is 0 Å². The van der Waals surface area contributed by atoms with Gasteiger partial charge in [0, 0.05) is 31.7 Å². The zero-order chi connectivity index (χ0) is 18.8. The fourth-order valence-corrected chi connectivity index (χ4v) is 3.94. The lowest BCUT2D eigenvalue weighted by Gasteiger charge is -2.46. The maximum atomic E-state index is 12.5. The van der Waals surface area contributed by atoms with Crippen molar-refractivity contribution in [1.82, 2.24) is 9.80 Å². The number of phenolic OH excluding ortho intramolecular Hbond substituents is 2. The highest BCUT2D eigenvalue weighted by Gasteiger charge is 2.34. The molecular weight excluding hydrogens is 316 g/mol. The summed E-state index contributed by atoms with van der Waals surface area (Å²) in [4.78, 5) is 16.9. The number of rotatable bonds is 4. The summed E-state index contributed by atoms with van der Waals surface area (Å²) >= 11 is 0. The van der Waals surface area contributed by atoms with Gasteiger partial charge in [0.1, 0.15) is 0 Å². The molecule has 0 radical (unpaired) electrons. The SMILES string of the molecule is CC(C)(C)CC(C)(C)N1CCN(C(=O)Cc2ccc(O)c(O)c2)CC1. The van der Waals surface area contributed by atoms with Gasteiger partial charge in [0.05, 0.1) is 6.42 Å². The normalized spacial score (nSPS) is 16.9. The van der Waals surface area contributed by atoms with E-state index in [0.717, 1.165) is 38.2 Å². The largest absolute Gasteiger partial charge is 0.504 e. The first-order valence-electron chi connectivity index (χ1n) is 9.02. The van der Waals surface area contributed by atoms with E-state index in [-0.39, 0.29) is 34.8 Å². The van der Waals surface area contributed by atoms with Gasteiger partial charge in [-0.3, -0.25) is 9.69 Å². The minimum absolute atomic E-state index is 0.0679. The number of piperazine rings is 1. The first kappa shape index (κ1) is 19.6. The van der Waals surface area contributed by atoms with E-state index in [1.54, 1.807) is 6.07 Å². The molecule has 2 rings (SSSR count). The molecule has 0 bridgehead atoms. The topological polar surface area (TPSA) is 64.0 Å². The summed E-state index contributed by atoms with van der Waals surface area (Å²) in [6, 6.07) is 4.55. The van der Waals surface area contributed by atoms with Crippen molar-refractivity contribution in [3.63, 3.8) is 0 Å². The fourth-order valence-electron chi connectivity index (χ4n) is 3.94. The molecule has 1 amide bonds. The number of benzene rings is 1. The van der Waals surface area contributed by atoms with Crippen LogP contribution in [0, 0.1) is 5.41 Å². The van der Waals surface area contributed by atoms with Gasteiger partial charge in [0.15, 0.2) is 11.5 Å². The van der Waals surface area contributed by atoms with Gasteiger partial charge in [0.25, 0.3) is 0 Å². The Kier molecular flexibility index (Phi) is 5.67. The standard InChI is InChI=1S/C20H32N2O3/c1-19(2,3)14-20(4,5)22-10-8-21(9-11-22)18(25)13-15-6-7-16(23)17(24)12-15/h6-7,12,23-24H,8-11,13-14H2,1-5H3. The average Bonchev–Trinajstić information content (AvgIpc) is 2.49. The molecule has 2 N–H and O–H groups in total. The Bertz CT molecular complexity index is 612. The molecule has 5 heteroatoms. The Labute approximate surface area is 151 Å². The third-order valence-electron chi connectivity index (χ3n) is 4.85. The fraction of sp³-hybridized carbons (Fsp3) is 0.650. The van der Waals surface area contributed by atoms with E-state index >= 15 is 0 Å². The quantitative estimate of drug-likeness (QED) is 0.821. The molecule has 1 aliphatic rings. The molecule has 1 aromatic rings. The summed E-state index contributed by atoms with van der Waals surface area (Å²) in [6.07, 6.45) is 1.36. The predicted molar refractivity (Wildman–Crippen MR) is 99.8 cm³/mol. The van der Waals surface area contributed by atoms with Crippen molar-refractivity contribution in [2.24, 2.45) is 5.41 Å². The highest BCUT2D eigenvalue weighted by atomic mass is 16.3. The highest BCUT2D eigenvalue weighted by Crippen LogP contribution is 2.32. The lowest BCUT2D eigenvalue weighted by molar-refractivity contribution is -0.133. The third-order valence-corrected chi connectivity index (χ3v) is 4.85. The summed E-state index contributed by atoms with van der Waals surface area (Å²) in [5.74, 6) is -0.275. The van der Waals surface area contributed by atoms with E-state index in [1.165, 1.54) is 12.1 Å². The molecule has 0 aliphatic carbocycles. The number of phenols is 2. The number of carbonyl (C=O) groups is 1. The number of nitrogens with zero attached hydrogens (tertiary/aromatic N) is 2. The molecule has 140 valence electrons. The van der Waals surface area contributed by atoms with Gasteiger partial charge < -0.3 is 15.1 Å². The maximum Gasteiger partial charge on any atom is 0.227 e. The van der Waals surface area contributed by atoms with Gasteiger partial charge >= 0.3 is 0 Å². The van der Waals surface area contributed by atoms with Gasteiger partial charge in [0.2, 0.25) is 5.91 Å². The molecule has 0 saturated carbocycles. The van der Waals surface area contributed by atoms with E-state index in [9.17, 15) is 15.0 Å². The monoisotopic (exact) mass is 348 g/mol. The Hall–Kier alpha value is -1.75. The molecule has 0 atom stereocenters. The van der Waals surface area contributed by atoms with Crippen LogP contribution >= 0.6 is 0 Å². The lowest BCUT2D eigenvalue weighted by Crippen LogP contribution is -2.56. The highest BCUT2D eigenvalue weighted by molar-refractivity contribution is 5.79. The Morgan fingerprint density at radius 1 is 1.00 bits per heavy atom. The van der Waals surface area contributed by atoms with E-state index in [2.05, 4.69) is 39.5 Å². The van der Waals surface area contributed by atoms with E-state index in [1.807, 2.05) is 4.90 Å². The van der Waals surface area contributed by atoms with Crippen LogP contribution in [0.25, 0.3) is 0 Å². The van der Waals surface area contributed by atoms with Crippen LogP contribution < -0.4 is 0 Å². The van der Waals surface area contributed by atoms with Crippen LogP contribution in [0.4, 0.5) is 0 Å². The average molecular weight is 348 g/mol. The Morgan fingerprint density at radius 2 is 1.60 bits per heavy atom. The summed E-state index contributed by atoms with van der Waals surface area (Å²) in [7, 11) is 0. The molecule has 25 heavy (non-hydrogen) atoms. The first-order chi connectivity index (χ1) is 11.5. The van der Waals surface area contributed by atoms with Crippen LogP contribution in [-0.4, -0.2) is 57.6 Å². The molecule has 0 aromatic heterocycles. The van der Waals surface area contributed by atoms with E-state index in [0.29, 0.717) is 0 Å². The smallest absolute Gasteiger partial charge is 0.227 e. The molecule has 5 nitrogen and oxygen atoms in total. The predicted octanol–water partition coefficient (Wildman–Crippen LogP) is 3.00. The van der Waals surface area contributed by atoms with Gasteiger partial charge in [-0.25, -0.2) is 0 Å². The molecule has 0 spiro atoms. The van der Waals surface area contributed by atoms with Gasteiger partial charge in [-0.2, -0.15) is 0 Å². The molecule has 1 heterocycles. The second kappa shape index (κ2) is 7.24. The van der Waals surface area contributed by atoms with Crippen molar-refractivity contribution in [3.05, 3.63) is 23.8 Å². The zero-order valence-corrected chi connectivity index (χ0v) is 16.2. The number of aromatic hydroxyl groups is 2. The van der Waals surface area contributed by atoms with Crippen LogP contribution in [0.3, 0.4) is 0 Å². The van der Waals surface area contributed by atoms with Crippen LogP contribution in [0.5, 0.6) is 11.5 Å². The first-order valence-corrected chi connectivity index (χ1v) is 9.02.